The molecule has 3 atom stereocenters. The van der Waals surface area contributed by atoms with Crippen molar-refractivity contribution in [1.82, 2.24) is 4.57 Å². The second-order valence-electron chi connectivity index (χ2n) is 7.38. The van der Waals surface area contributed by atoms with Gasteiger partial charge in [0.1, 0.15) is 17.5 Å². The number of hydrogen-bond donors (Lipinski definition) is 0. The Morgan fingerprint density at radius 3 is 2.87 bits per heavy atom. The van der Waals surface area contributed by atoms with E-state index in [0.717, 1.165) is 5.56 Å². The molecule has 2 aliphatic rings. The van der Waals surface area contributed by atoms with Crippen molar-refractivity contribution in [1.29, 1.82) is 0 Å². The summed E-state index contributed by atoms with van der Waals surface area (Å²) in [5.41, 5.74) is -0.208. The number of aromatic nitrogens is 1. The fourth-order valence-electron chi connectivity index (χ4n) is 4.18. The highest BCUT2D eigenvalue weighted by atomic mass is 32.1. The number of methoxy groups -OCH3 is 1. The van der Waals surface area contributed by atoms with Crippen LogP contribution in [0.4, 0.5) is 4.39 Å². The summed E-state index contributed by atoms with van der Waals surface area (Å²) in [5, 5.41) is 0. The lowest BCUT2D eigenvalue weighted by molar-refractivity contribution is -0.158. The maximum Gasteiger partial charge on any atom is 0.317 e. The van der Waals surface area contributed by atoms with Gasteiger partial charge in [0.05, 0.1) is 17.7 Å². The van der Waals surface area contributed by atoms with Crippen molar-refractivity contribution in [2.24, 2.45) is 10.9 Å². The maximum absolute atomic E-state index is 13.6. The van der Waals surface area contributed by atoms with E-state index in [4.69, 9.17) is 9.47 Å². The molecule has 8 heteroatoms. The second-order valence-corrected chi connectivity index (χ2v) is 8.38. The molecule has 0 saturated heterocycles. The van der Waals surface area contributed by atoms with Crippen LogP contribution in [-0.2, 0) is 9.53 Å². The topological polar surface area (TPSA) is 69.9 Å². The van der Waals surface area contributed by atoms with Crippen molar-refractivity contribution in [3.05, 3.63) is 85.2 Å². The predicted octanol–water partition coefficient (Wildman–Crippen LogP) is 2.00. The van der Waals surface area contributed by atoms with Gasteiger partial charge in [-0.05, 0) is 36.8 Å². The molecule has 0 fully saturated rings. The van der Waals surface area contributed by atoms with Crippen molar-refractivity contribution in [2.45, 2.75) is 18.7 Å². The highest BCUT2D eigenvalue weighted by Gasteiger charge is 2.55. The molecule has 0 saturated carbocycles. The molecule has 0 amide bonds. The summed E-state index contributed by atoms with van der Waals surface area (Å²) in [6.07, 6.45) is 1.63. The number of carbonyl (C=O) groups is 1. The van der Waals surface area contributed by atoms with Crippen LogP contribution in [0.5, 0.6) is 5.75 Å². The molecule has 2 bridgehead atoms. The molecule has 152 valence electrons. The number of ether oxygens (including phenoxy) is 2. The van der Waals surface area contributed by atoms with Gasteiger partial charge in [-0.3, -0.25) is 14.2 Å². The minimum absolute atomic E-state index is 0.291. The van der Waals surface area contributed by atoms with Gasteiger partial charge in [-0.1, -0.05) is 41.7 Å². The molecule has 2 aromatic carbocycles. The molecular weight excluding hydrogens is 407 g/mol. The number of halogens is 1. The van der Waals surface area contributed by atoms with E-state index >= 15 is 0 Å². The Morgan fingerprint density at radius 2 is 2.10 bits per heavy atom. The predicted molar refractivity (Wildman–Crippen MR) is 108 cm³/mol. The molecule has 6 nitrogen and oxygen atoms in total. The van der Waals surface area contributed by atoms with E-state index in [-0.39, 0.29) is 11.4 Å². The van der Waals surface area contributed by atoms with Crippen LogP contribution < -0.4 is 19.6 Å². The first-order chi connectivity index (χ1) is 14.4. The van der Waals surface area contributed by atoms with Gasteiger partial charge in [-0.25, -0.2) is 9.38 Å². The molecule has 0 aliphatic carbocycles. The van der Waals surface area contributed by atoms with E-state index in [1.807, 2.05) is 18.2 Å². The smallest absolute Gasteiger partial charge is 0.317 e. The minimum atomic E-state index is -1.21. The number of para-hydroxylation sites is 1. The second kappa shape index (κ2) is 6.63. The lowest BCUT2D eigenvalue weighted by Crippen LogP contribution is -2.58. The summed E-state index contributed by atoms with van der Waals surface area (Å²) >= 11 is 1.19. The molecule has 0 spiro atoms. The highest BCUT2D eigenvalue weighted by Crippen LogP contribution is 2.47. The highest BCUT2D eigenvalue weighted by molar-refractivity contribution is 7.07. The summed E-state index contributed by atoms with van der Waals surface area (Å²) in [6.45, 7) is 1.72. The standard InChI is InChI=1S/C22H17FN2O4S/c1-22-17(20(27)28-2)18(14-8-3-4-9-15(14)29-22)25-19(26)16(30-21(25)24-22)11-12-6-5-7-13(23)10-12/h3-11,17-18H,1-2H3/t17?,18?,22-/m1/s1. The third kappa shape index (κ3) is 2.71. The van der Waals surface area contributed by atoms with E-state index in [0.29, 0.717) is 20.6 Å². The molecular formula is C22H17FN2O4S. The molecule has 3 aromatic rings. The van der Waals surface area contributed by atoms with Crippen molar-refractivity contribution in [3.8, 4) is 5.75 Å². The van der Waals surface area contributed by atoms with Crippen molar-refractivity contribution >= 4 is 23.4 Å². The quantitative estimate of drug-likeness (QED) is 0.590. The van der Waals surface area contributed by atoms with Gasteiger partial charge in [-0.15, -0.1) is 0 Å². The molecule has 0 radical (unpaired) electrons. The minimum Gasteiger partial charge on any atom is -0.469 e. The summed E-state index contributed by atoms with van der Waals surface area (Å²) in [4.78, 5) is 31.2. The molecule has 3 heterocycles. The Labute approximate surface area is 174 Å². The van der Waals surface area contributed by atoms with Crippen LogP contribution in [0.3, 0.4) is 0 Å². The fraction of sp³-hybridized carbons (Fsp3) is 0.227. The van der Waals surface area contributed by atoms with Crippen LogP contribution >= 0.6 is 11.3 Å². The first-order valence-corrected chi connectivity index (χ1v) is 10.2. The van der Waals surface area contributed by atoms with Gasteiger partial charge >= 0.3 is 5.97 Å². The van der Waals surface area contributed by atoms with Gasteiger partial charge in [-0.2, -0.15) is 0 Å². The molecule has 5 rings (SSSR count). The van der Waals surface area contributed by atoms with Gasteiger partial charge in [0.15, 0.2) is 4.80 Å². The number of thiazole rings is 1. The van der Waals surface area contributed by atoms with Crippen molar-refractivity contribution in [3.63, 3.8) is 0 Å². The number of hydrogen-bond acceptors (Lipinski definition) is 6. The number of fused-ring (bicyclic) bond motifs is 6. The van der Waals surface area contributed by atoms with E-state index in [9.17, 15) is 14.0 Å². The molecule has 30 heavy (non-hydrogen) atoms. The monoisotopic (exact) mass is 424 g/mol. The van der Waals surface area contributed by atoms with E-state index in [1.54, 1.807) is 31.2 Å². The molecule has 2 aliphatic heterocycles. The van der Waals surface area contributed by atoms with Crippen LogP contribution in [0, 0.1) is 11.7 Å². The summed E-state index contributed by atoms with van der Waals surface area (Å²) in [7, 11) is 1.31. The number of benzene rings is 2. The maximum atomic E-state index is 13.6. The SMILES string of the molecule is COC(=O)C1C2c3ccccc3O[C@@]1(C)N=c1sc(=Cc3cccc(F)c3)c(=O)n12. The first-order valence-electron chi connectivity index (χ1n) is 9.35. The summed E-state index contributed by atoms with van der Waals surface area (Å²) in [6, 6.07) is 12.7. The zero-order valence-electron chi connectivity index (χ0n) is 16.2. The zero-order chi connectivity index (χ0) is 21.0. The largest absolute Gasteiger partial charge is 0.469 e. The Kier molecular flexibility index (Phi) is 4.14. The third-order valence-electron chi connectivity index (χ3n) is 5.48. The van der Waals surface area contributed by atoms with Gasteiger partial charge < -0.3 is 9.47 Å². The number of nitrogens with zero attached hydrogens (tertiary/aromatic N) is 2. The average Bonchev–Trinajstić information content (AvgIpc) is 3.00. The van der Waals surface area contributed by atoms with E-state index < -0.39 is 23.7 Å². The number of carbonyl (C=O) groups excluding carboxylic acids is 1. The van der Waals surface area contributed by atoms with E-state index in [1.165, 1.54) is 35.1 Å². The lowest BCUT2D eigenvalue weighted by atomic mass is 9.81. The van der Waals surface area contributed by atoms with Crippen LogP contribution in [0.25, 0.3) is 6.08 Å². The Morgan fingerprint density at radius 1 is 1.30 bits per heavy atom. The van der Waals surface area contributed by atoms with Crippen LogP contribution in [0.15, 0.2) is 58.3 Å². The van der Waals surface area contributed by atoms with Gasteiger partial charge in [0, 0.05) is 5.56 Å². The summed E-state index contributed by atoms with van der Waals surface area (Å²) < 4.78 is 26.7. The van der Waals surface area contributed by atoms with Crippen LogP contribution in [0.2, 0.25) is 0 Å². The van der Waals surface area contributed by atoms with Crippen molar-refractivity contribution < 1.29 is 18.7 Å². The average molecular weight is 424 g/mol. The molecule has 0 N–H and O–H groups in total. The fourth-order valence-corrected chi connectivity index (χ4v) is 5.28. The van der Waals surface area contributed by atoms with Crippen molar-refractivity contribution in [2.75, 3.05) is 7.11 Å². The zero-order valence-corrected chi connectivity index (χ0v) is 17.0. The Balaban J connectivity index is 1.80. The Hall–Kier alpha value is -3.26. The van der Waals surface area contributed by atoms with Gasteiger partial charge in [0.2, 0.25) is 5.72 Å². The lowest BCUT2D eigenvalue weighted by Gasteiger charge is -2.44. The normalized spacial score (nSPS) is 24.3. The van der Waals surface area contributed by atoms with Gasteiger partial charge in [0.25, 0.3) is 5.56 Å². The van der Waals surface area contributed by atoms with Crippen LogP contribution in [-0.4, -0.2) is 23.4 Å². The van der Waals surface area contributed by atoms with Crippen LogP contribution in [0.1, 0.15) is 24.1 Å². The summed E-state index contributed by atoms with van der Waals surface area (Å²) in [5.74, 6) is -1.13. The third-order valence-corrected chi connectivity index (χ3v) is 6.46. The Bertz CT molecular complexity index is 1360. The number of esters is 1. The molecule has 1 aromatic heterocycles. The number of rotatable bonds is 2. The molecule has 2 unspecified atom stereocenters. The first kappa shape index (κ1) is 18.7. The van der Waals surface area contributed by atoms with E-state index in [2.05, 4.69) is 4.99 Å².